The van der Waals surface area contributed by atoms with E-state index in [1.54, 1.807) is 0 Å². The summed E-state index contributed by atoms with van der Waals surface area (Å²) in [5, 5.41) is 2.85. The topological polar surface area (TPSA) is 58.6 Å². The lowest BCUT2D eigenvalue weighted by Crippen LogP contribution is -2.36. The third kappa shape index (κ3) is 9.81. The van der Waals surface area contributed by atoms with Crippen LogP contribution in [0, 0.1) is 0 Å². The number of hydrogen-bond donors (Lipinski definition) is 1. The van der Waals surface area contributed by atoms with Crippen molar-refractivity contribution in [3.05, 3.63) is 0 Å². The lowest BCUT2D eigenvalue weighted by Gasteiger charge is -2.15. The molecule has 0 aromatic rings. The van der Waals surface area contributed by atoms with Crippen LogP contribution >= 0.6 is 0 Å². The minimum atomic E-state index is -0.203. The van der Waals surface area contributed by atoms with Gasteiger partial charge in [0.2, 0.25) is 5.91 Å². The summed E-state index contributed by atoms with van der Waals surface area (Å²) in [6.07, 6.45) is 3.21. The highest BCUT2D eigenvalue weighted by atomic mass is 16.5. The van der Waals surface area contributed by atoms with E-state index in [2.05, 4.69) is 17.0 Å². The molecule has 0 saturated carbocycles. The molecule has 1 N–H and O–H groups in total. The zero-order chi connectivity index (χ0) is 13.1. The predicted octanol–water partition coefficient (Wildman–Crippen LogP) is 0.788. The fourth-order valence-corrected chi connectivity index (χ4v) is 1.38. The molecular weight excluding hydrogens is 220 g/mol. The van der Waals surface area contributed by atoms with Crippen molar-refractivity contribution >= 4 is 11.9 Å². The van der Waals surface area contributed by atoms with Gasteiger partial charge in [0.1, 0.15) is 0 Å². The van der Waals surface area contributed by atoms with Crippen LogP contribution in [0.1, 0.15) is 32.6 Å². The summed E-state index contributed by atoms with van der Waals surface area (Å²) >= 11 is 0. The first-order valence-corrected chi connectivity index (χ1v) is 6.12. The Morgan fingerprint density at radius 3 is 2.59 bits per heavy atom. The molecule has 5 nitrogen and oxygen atoms in total. The van der Waals surface area contributed by atoms with Crippen molar-refractivity contribution in [1.82, 2.24) is 10.2 Å². The number of hydrogen-bond acceptors (Lipinski definition) is 4. The number of likely N-dealkylation sites (N-methyl/N-ethyl adjacent to an activating group) is 1. The van der Waals surface area contributed by atoms with E-state index in [-0.39, 0.29) is 11.9 Å². The molecule has 0 bridgehead atoms. The van der Waals surface area contributed by atoms with Gasteiger partial charge in [0.05, 0.1) is 13.7 Å². The summed E-state index contributed by atoms with van der Waals surface area (Å²) in [5.41, 5.74) is 0. The van der Waals surface area contributed by atoms with Gasteiger partial charge >= 0.3 is 5.97 Å². The maximum absolute atomic E-state index is 11.4. The second kappa shape index (κ2) is 10.1. The van der Waals surface area contributed by atoms with E-state index in [0.717, 1.165) is 25.9 Å². The molecule has 0 aromatic heterocycles. The zero-order valence-electron chi connectivity index (χ0n) is 11.1. The van der Waals surface area contributed by atoms with Crippen molar-refractivity contribution in [3.8, 4) is 0 Å². The van der Waals surface area contributed by atoms with Crippen LogP contribution in [0.25, 0.3) is 0 Å². The molecule has 0 rings (SSSR count). The van der Waals surface area contributed by atoms with E-state index < -0.39 is 0 Å². The number of carbonyl (C=O) groups is 2. The third-order valence-corrected chi connectivity index (χ3v) is 2.41. The van der Waals surface area contributed by atoms with Crippen LogP contribution in [0.4, 0.5) is 0 Å². The fourth-order valence-electron chi connectivity index (χ4n) is 1.38. The predicted molar refractivity (Wildman–Crippen MR) is 66.7 cm³/mol. The van der Waals surface area contributed by atoms with Crippen molar-refractivity contribution in [3.63, 3.8) is 0 Å². The number of nitrogens with zero attached hydrogens (tertiary/aromatic N) is 1. The van der Waals surface area contributed by atoms with Gasteiger partial charge in [-0.15, -0.1) is 0 Å². The van der Waals surface area contributed by atoms with E-state index in [4.69, 9.17) is 0 Å². The molecular formula is C12H24N2O3. The summed E-state index contributed by atoms with van der Waals surface area (Å²) < 4.78 is 4.54. The van der Waals surface area contributed by atoms with E-state index >= 15 is 0 Å². The molecule has 0 saturated heterocycles. The van der Waals surface area contributed by atoms with Crippen molar-refractivity contribution in [2.75, 3.05) is 33.8 Å². The fraction of sp³-hybridized carbons (Fsp3) is 0.833. The highest BCUT2D eigenvalue weighted by Crippen LogP contribution is 1.94. The lowest BCUT2D eigenvalue weighted by atomic mass is 10.3. The van der Waals surface area contributed by atoms with E-state index in [0.29, 0.717) is 19.4 Å². The molecule has 0 aliphatic rings. The van der Waals surface area contributed by atoms with E-state index in [1.807, 2.05) is 11.9 Å². The van der Waals surface area contributed by atoms with Gasteiger partial charge in [-0.05, 0) is 26.4 Å². The molecule has 0 aromatic carbocycles. The molecule has 1 amide bonds. The number of methoxy groups -OCH3 is 1. The van der Waals surface area contributed by atoms with Gasteiger partial charge in [-0.3, -0.25) is 14.5 Å². The summed E-state index contributed by atoms with van der Waals surface area (Å²) in [4.78, 5) is 24.2. The molecule has 0 heterocycles. The van der Waals surface area contributed by atoms with Gasteiger partial charge in [0.15, 0.2) is 0 Å². The quantitative estimate of drug-likeness (QED) is 0.481. The second-order valence-corrected chi connectivity index (χ2v) is 4.12. The van der Waals surface area contributed by atoms with Crippen molar-refractivity contribution in [2.45, 2.75) is 32.6 Å². The number of amides is 1. The van der Waals surface area contributed by atoms with Gasteiger partial charge in [-0.25, -0.2) is 0 Å². The minimum Gasteiger partial charge on any atom is -0.469 e. The number of unbranched alkanes of at least 4 members (excludes halogenated alkanes) is 1. The highest BCUT2D eigenvalue weighted by molar-refractivity contribution is 5.77. The van der Waals surface area contributed by atoms with Crippen molar-refractivity contribution in [1.29, 1.82) is 0 Å². The normalized spacial score (nSPS) is 10.4. The summed E-state index contributed by atoms with van der Waals surface area (Å²) in [6, 6.07) is 0. The van der Waals surface area contributed by atoms with Crippen LogP contribution in [0.2, 0.25) is 0 Å². The number of ether oxygens (including phenoxy) is 1. The Balaban J connectivity index is 3.53. The summed E-state index contributed by atoms with van der Waals surface area (Å²) in [6.45, 7) is 3.93. The number of rotatable bonds is 9. The molecule has 0 atom stereocenters. The Bertz CT molecular complexity index is 232. The average Bonchev–Trinajstić information content (AvgIpc) is 2.29. The highest BCUT2D eigenvalue weighted by Gasteiger charge is 2.06. The average molecular weight is 244 g/mol. The first kappa shape index (κ1) is 15.9. The summed E-state index contributed by atoms with van der Waals surface area (Å²) in [7, 11) is 3.25. The van der Waals surface area contributed by atoms with Gasteiger partial charge in [0, 0.05) is 13.0 Å². The molecule has 0 aliphatic heterocycles. The molecule has 0 aliphatic carbocycles. The monoisotopic (exact) mass is 244 g/mol. The molecule has 0 fully saturated rings. The van der Waals surface area contributed by atoms with Gasteiger partial charge in [0.25, 0.3) is 0 Å². The molecule has 17 heavy (non-hydrogen) atoms. The number of nitrogens with one attached hydrogen (secondary N) is 1. The van der Waals surface area contributed by atoms with Crippen LogP contribution < -0.4 is 5.32 Å². The first-order chi connectivity index (χ1) is 8.10. The Morgan fingerprint density at radius 2 is 2.00 bits per heavy atom. The maximum Gasteiger partial charge on any atom is 0.305 e. The molecule has 0 spiro atoms. The van der Waals surface area contributed by atoms with Gasteiger partial charge in [-0.2, -0.15) is 0 Å². The zero-order valence-corrected chi connectivity index (χ0v) is 11.1. The molecule has 5 heteroatoms. The Kier molecular flexibility index (Phi) is 9.43. The minimum absolute atomic E-state index is 0.0408. The van der Waals surface area contributed by atoms with Gasteiger partial charge in [-0.1, -0.05) is 13.3 Å². The largest absolute Gasteiger partial charge is 0.469 e. The second-order valence-electron chi connectivity index (χ2n) is 4.12. The first-order valence-electron chi connectivity index (χ1n) is 6.12. The lowest BCUT2D eigenvalue weighted by molar-refractivity contribution is -0.140. The summed E-state index contributed by atoms with van der Waals surface area (Å²) in [5.74, 6) is -0.162. The van der Waals surface area contributed by atoms with Crippen LogP contribution in [0.3, 0.4) is 0 Å². The standard InChI is InChI=1S/C12H24N2O3/c1-4-5-8-13-11(15)10-14(2)9-6-7-12(16)17-3/h4-10H2,1-3H3,(H,13,15). The van der Waals surface area contributed by atoms with Crippen LogP contribution in [-0.4, -0.2) is 50.6 Å². The van der Waals surface area contributed by atoms with Crippen molar-refractivity contribution in [2.24, 2.45) is 0 Å². The molecule has 0 radical (unpaired) electrons. The van der Waals surface area contributed by atoms with Crippen LogP contribution in [0.15, 0.2) is 0 Å². The number of esters is 1. The Hall–Kier alpha value is -1.10. The van der Waals surface area contributed by atoms with Crippen LogP contribution in [0.5, 0.6) is 0 Å². The Morgan fingerprint density at radius 1 is 1.29 bits per heavy atom. The van der Waals surface area contributed by atoms with E-state index in [9.17, 15) is 9.59 Å². The van der Waals surface area contributed by atoms with E-state index in [1.165, 1.54) is 7.11 Å². The maximum atomic E-state index is 11.4. The SMILES string of the molecule is CCCCNC(=O)CN(C)CCCC(=O)OC. The molecule has 100 valence electrons. The van der Waals surface area contributed by atoms with Crippen LogP contribution in [-0.2, 0) is 14.3 Å². The molecule has 0 unspecified atom stereocenters. The van der Waals surface area contributed by atoms with Gasteiger partial charge < -0.3 is 10.1 Å². The third-order valence-electron chi connectivity index (χ3n) is 2.41. The smallest absolute Gasteiger partial charge is 0.305 e. The van der Waals surface area contributed by atoms with Crippen molar-refractivity contribution < 1.29 is 14.3 Å². The number of carbonyl (C=O) groups excluding carboxylic acids is 2. The Labute approximate surface area is 103 Å².